The van der Waals surface area contributed by atoms with Crippen LogP contribution in [0.5, 0.6) is 0 Å². The summed E-state index contributed by atoms with van der Waals surface area (Å²) in [5, 5.41) is 0. The first-order valence-electron chi connectivity index (χ1n) is 5.88. The molecule has 1 saturated heterocycles. The van der Waals surface area contributed by atoms with Crippen LogP contribution in [-0.2, 0) is 9.47 Å². The van der Waals surface area contributed by atoms with Crippen molar-refractivity contribution in [2.75, 3.05) is 13.2 Å². The lowest BCUT2D eigenvalue weighted by molar-refractivity contribution is -0.220. The van der Waals surface area contributed by atoms with E-state index in [2.05, 4.69) is 32.1 Å². The number of ether oxygens (including phenoxy) is 2. The van der Waals surface area contributed by atoms with Crippen molar-refractivity contribution >= 4 is 9.76 Å². The minimum Gasteiger partial charge on any atom is -0.438 e. The maximum Gasteiger partial charge on any atom is 0.166 e. The monoisotopic (exact) mass is 240 g/mol. The standard InChI is InChI=1S/C12H20O3Si/c1-9-4-5-12(2,10(8-9)16-13)11-14-6-3-7-15-11/h4-5,8,10-11,13H,3,6-7,16H2,1-2H3. The van der Waals surface area contributed by atoms with Crippen LogP contribution in [0.1, 0.15) is 20.3 Å². The Morgan fingerprint density at radius 1 is 1.44 bits per heavy atom. The van der Waals surface area contributed by atoms with Gasteiger partial charge in [-0.15, -0.1) is 0 Å². The molecule has 2 atom stereocenters. The van der Waals surface area contributed by atoms with E-state index in [0.29, 0.717) is 0 Å². The van der Waals surface area contributed by atoms with Gasteiger partial charge < -0.3 is 14.3 Å². The van der Waals surface area contributed by atoms with Crippen LogP contribution >= 0.6 is 0 Å². The Morgan fingerprint density at radius 3 is 2.75 bits per heavy atom. The number of allylic oxidation sites excluding steroid dienone is 3. The molecule has 0 bridgehead atoms. The normalized spacial score (nSPS) is 36.9. The lowest BCUT2D eigenvalue weighted by atomic mass is 9.80. The molecule has 3 nitrogen and oxygen atoms in total. The highest BCUT2D eigenvalue weighted by atomic mass is 28.2. The summed E-state index contributed by atoms with van der Waals surface area (Å²) in [5.74, 6) is 0. The average Bonchev–Trinajstić information content (AvgIpc) is 2.33. The highest BCUT2D eigenvalue weighted by Gasteiger charge is 2.42. The van der Waals surface area contributed by atoms with E-state index in [1.807, 2.05) is 0 Å². The molecular formula is C12H20O3Si. The molecule has 1 N–H and O–H groups in total. The van der Waals surface area contributed by atoms with Crippen LogP contribution in [0, 0.1) is 5.41 Å². The lowest BCUT2D eigenvalue weighted by Gasteiger charge is -2.42. The second-order valence-electron chi connectivity index (χ2n) is 4.83. The Balaban J connectivity index is 2.18. The van der Waals surface area contributed by atoms with Gasteiger partial charge in [0.25, 0.3) is 0 Å². The highest BCUT2D eigenvalue weighted by molar-refractivity contribution is 6.29. The molecule has 0 saturated carbocycles. The average molecular weight is 240 g/mol. The predicted octanol–water partition coefficient (Wildman–Crippen LogP) is 1.14. The Bertz CT molecular complexity index is 307. The van der Waals surface area contributed by atoms with Gasteiger partial charge >= 0.3 is 0 Å². The first kappa shape index (κ1) is 12.0. The molecule has 1 aliphatic heterocycles. The molecule has 1 fully saturated rings. The number of hydrogen-bond acceptors (Lipinski definition) is 3. The van der Waals surface area contributed by atoms with Crippen molar-refractivity contribution in [2.24, 2.45) is 5.41 Å². The topological polar surface area (TPSA) is 38.7 Å². The van der Waals surface area contributed by atoms with Gasteiger partial charge in [0, 0.05) is 11.0 Å². The zero-order chi connectivity index (χ0) is 11.6. The summed E-state index contributed by atoms with van der Waals surface area (Å²) in [7, 11) is -1.10. The summed E-state index contributed by atoms with van der Waals surface area (Å²) < 4.78 is 11.4. The molecule has 0 aromatic carbocycles. The molecule has 4 heteroatoms. The van der Waals surface area contributed by atoms with E-state index in [4.69, 9.17) is 9.47 Å². The third kappa shape index (κ3) is 2.15. The summed E-state index contributed by atoms with van der Waals surface area (Å²) in [5.41, 5.74) is 1.24. The quantitative estimate of drug-likeness (QED) is 0.736. The Morgan fingerprint density at radius 2 is 2.12 bits per heavy atom. The van der Waals surface area contributed by atoms with Crippen LogP contribution in [-0.4, -0.2) is 34.1 Å². The van der Waals surface area contributed by atoms with Gasteiger partial charge in [0.05, 0.1) is 13.2 Å². The van der Waals surface area contributed by atoms with E-state index in [1.165, 1.54) is 5.57 Å². The summed E-state index contributed by atoms with van der Waals surface area (Å²) >= 11 is 0. The Labute approximate surface area is 99.1 Å². The van der Waals surface area contributed by atoms with Crippen molar-refractivity contribution in [3.05, 3.63) is 23.8 Å². The number of hydrogen-bond donors (Lipinski definition) is 1. The molecule has 90 valence electrons. The lowest BCUT2D eigenvalue weighted by Crippen LogP contribution is -2.43. The van der Waals surface area contributed by atoms with Crippen LogP contribution in [0.2, 0.25) is 5.54 Å². The fourth-order valence-electron chi connectivity index (χ4n) is 2.34. The zero-order valence-corrected chi connectivity index (χ0v) is 11.4. The van der Waals surface area contributed by atoms with Crippen molar-refractivity contribution in [1.82, 2.24) is 0 Å². The first-order valence-corrected chi connectivity index (χ1v) is 7.33. The minimum atomic E-state index is -1.10. The highest BCUT2D eigenvalue weighted by Crippen LogP contribution is 2.43. The Hall–Kier alpha value is -0.423. The van der Waals surface area contributed by atoms with Gasteiger partial charge in [0.1, 0.15) is 0 Å². The molecular weight excluding hydrogens is 220 g/mol. The van der Waals surface area contributed by atoms with Crippen LogP contribution in [0.4, 0.5) is 0 Å². The summed E-state index contributed by atoms with van der Waals surface area (Å²) in [6.07, 6.45) is 7.17. The zero-order valence-electron chi connectivity index (χ0n) is 9.98. The van der Waals surface area contributed by atoms with E-state index in [0.717, 1.165) is 19.6 Å². The maximum atomic E-state index is 9.62. The van der Waals surface area contributed by atoms with E-state index < -0.39 is 9.76 Å². The van der Waals surface area contributed by atoms with Crippen molar-refractivity contribution < 1.29 is 14.3 Å². The Kier molecular flexibility index (Phi) is 3.64. The molecule has 1 aliphatic carbocycles. The fourth-order valence-corrected chi connectivity index (χ4v) is 3.54. The van der Waals surface area contributed by atoms with Gasteiger partial charge in [-0.2, -0.15) is 0 Å². The molecule has 0 aromatic heterocycles. The largest absolute Gasteiger partial charge is 0.438 e. The van der Waals surface area contributed by atoms with Gasteiger partial charge in [-0.1, -0.05) is 30.7 Å². The van der Waals surface area contributed by atoms with Crippen molar-refractivity contribution in [1.29, 1.82) is 0 Å². The van der Waals surface area contributed by atoms with Crippen LogP contribution in [0.3, 0.4) is 0 Å². The molecule has 1 heterocycles. The van der Waals surface area contributed by atoms with E-state index >= 15 is 0 Å². The minimum absolute atomic E-state index is 0.194. The molecule has 0 spiro atoms. The smallest absolute Gasteiger partial charge is 0.166 e. The second kappa shape index (κ2) is 4.83. The van der Waals surface area contributed by atoms with Crippen LogP contribution < -0.4 is 0 Å². The van der Waals surface area contributed by atoms with Crippen molar-refractivity contribution in [3.8, 4) is 0 Å². The molecule has 0 radical (unpaired) electrons. The van der Waals surface area contributed by atoms with Crippen LogP contribution in [0.25, 0.3) is 0 Å². The predicted molar refractivity (Wildman–Crippen MR) is 65.8 cm³/mol. The van der Waals surface area contributed by atoms with E-state index in [1.54, 1.807) is 0 Å². The third-order valence-corrected chi connectivity index (χ3v) is 5.01. The number of rotatable bonds is 2. The fraction of sp³-hybridized carbons (Fsp3) is 0.667. The SMILES string of the molecule is CC1=CC([SiH2]O)C(C)(C2OCCCO2)C=C1. The molecule has 2 unspecified atom stereocenters. The van der Waals surface area contributed by atoms with Crippen molar-refractivity contribution in [2.45, 2.75) is 32.1 Å². The molecule has 2 rings (SSSR count). The van der Waals surface area contributed by atoms with Crippen LogP contribution in [0.15, 0.2) is 23.8 Å². The van der Waals surface area contributed by atoms with E-state index in [9.17, 15) is 4.80 Å². The molecule has 0 aromatic rings. The molecule has 16 heavy (non-hydrogen) atoms. The first-order chi connectivity index (χ1) is 7.66. The second-order valence-corrected chi connectivity index (χ2v) is 6.07. The van der Waals surface area contributed by atoms with Crippen molar-refractivity contribution in [3.63, 3.8) is 0 Å². The van der Waals surface area contributed by atoms with Gasteiger partial charge in [0.15, 0.2) is 16.1 Å². The third-order valence-electron chi connectivity index (χ3n) is 3.50. The van der Waals surface area contributed by atoms with Gasteiger partial charge in [-0.3, -0.25) is 0 Å². The van der Waals surface area contributed by atoms with Gasteiger partial charge in [-0.05, 0) is 13.3 Å². The molecule has 0 amide bonds. The summed E-state index contributed by atoms with van der Waals surface area (Å²) in [4.78, 5) is 9.62. The van der Waals surface area contributed by atoms with Gasteiger partial charge in [0.2, 0.25) is 0 Å². The summed E-state index contributed by atoms with van der Waals surface area (Å²) in [6.45, 7) is 5.71. The summed E-state index contributed by atoms with van der Waals surface area (Å²) in [6, 6.07) is 0. The van der Waals surface area contributed by atoms with Gasteiger partial charge in [-0.25, -0.2) is 0 Å². The van der Waals surface area contributed by atoms with E-state index in [-0.39, 0.29) is 17.2 Å². The maximum absolute atomic E-state index is 9.62. The molecule has 2 aliphatic rings.